The Kier molecular flexibility index (Phi) is 6.21. The number of benzene rings is 2. The molecule has 2 rings (SSSR count). The summed E-state index contributed by atoms with van der Waals surface area (Å²) < 4.78 is 4.61. The number of hydrogen-bond donors (Lipinski definition) is 2. The topological polar surface area (TPSA) is 96.9 Å². The zero-order valence-corrected chi connectivity index (χ0v) is 14.7. The molecular formula is C19H19N3O4. The van der Waals surface area contributed by atoms with Crippen molar-refractivity contribution >= 4 is 29.7 Å². The van der Waals surface area contributed by atoms with Gasteiger partial charge >= 0.3 is 17.8 Å². The first-order valence-corrected chi connectivity index (χ1v) is 7.81. The van der Waals surface area contributed by atoms with Gasteiger partial charge in [0.1, 0.15) is 0 Å². The monoisotopic (exact) mass is 353 g/mol. The first kappa shape index (κ1) is 18.9. The van der Waals surface area contributed by atoms with Gasteiger partial charge < -0.3 is 10.1 Å². The number of para-hydroxylation sites is 1. The number of hydrazone groups is 1. The Balaban J connectivity index is 1.94. The molecule has 2 aromatic rings. The average Bonchev–Trinajstić information content (AvgIpc) is 2.64. The quantitative estimate of drug-likeness (QED) is 0.381. The van der Waals surface area contributed by atoms with Crippen molar-refractivity contribution in [3.63, 3.8) is 0 Å². The van der Waals surface area contributed by atoms with E-state index in [4.69, 9.17) is 0 Å². The minimum absolute atomic E-state index is 0.404. The molecule has 0 spiro atoms. The minimum atomic E-state index is -0.880. The smallest absolute Gasteiger partial charge is 0.337 e. The molecule has 2 N–H and O–H groups in total. The molecule has 0 aliphatic heterocycles. The largest absolute Gasteiger partial charge is 0.465 e. The van der Waals surface area contributed by atoms with Gasteiger partial charge in [-0.2, -0.15) is 5.10 Å². The third kappa shape index (κ3) is 4.76. The second-order valence-corrected chi connectivity index (χ2v) is 5.53. The Morgan fingerprint density at radius 2 is 1.58 bits per heavy atom. The molecule has 0 saturated heterocycles. The van der Waals surface area contributed by atoms with Crippen molar-refractivity contribution in [3.8, 4) is 0 Å². The molecule has 134 valence electrons. The van der Waals surface area contributed by atoms with Crippen LogP contribution in [-0.2, 0) is 14.3 Å². The van der Waals surface area contributed by atoms with Gasteiger partial charge in [0.2, 0.25) is 0 Å². The van der Waals surface area contributed by atoms with Crippen molar-refractivity contribution in [1.29, 1.82) is 0 Å². The van der Waals surface area contributed by atoms with Gasteiger partial charge in [0.25, 0.3) is 0 Å². The van der Waals surface area contributed by atoms with Gasteiger partial charge in [-0.05, 0) is 42.7 Å². The molecule has 0 saturated carbocycles. The molecule has 0 aliphatic rings. The molecule has 0 fully saturated rings. The molecule has 0 unspecified atom stereocenters. The number of esters is 1. The van der Waals surface area contributed by atoms with E-state index in [-0.39, 0.29) is 0 Å². The summed E-state index contributed by atoms with van der Waals surface area (Å²) in [4.78, 5) is 35.2. The van der Waals surface area contributed by atoms with Crippen LogP contribution in [0.1, 0.15) is 27.0 Å². The minimum Gasteiger partial charge on any atom is -0.465 e. The Bertz CT molecular complexity index is 837. The molecule has 0 atom stereocenters. The highest BCUT2D eigenvalue weighted by atomic mass is 16.5. The summed E-state index contributed by atoms with van der Waals surface area (Å²) >= 11 is 0. The zero-order chi connectivity index (χ0) is 19.1. The third-order valence-corrected chi connectivity index (χ3v) is 3.64. The average molecular weight is 353 g/mol. The van der Waals surface area contributed by atoms with Crippen molar-refractivity contribution in [2.75, 3.05) is 12.4 Å². The van der Waals surface area contributed by atoms with Crippen molar-refractivity contribution in [1.82, 2.24) is 5.43 Å². The predicted molar refractivity (Wildman–Crippen MR) is 98.1 cm³/mol. The summed E-state index contributed by atoms with van der Waals surface area (Å²) in [7, 11) is 1.30. The number of aryl methyl sites for hydroxylation is 2. The first-order valence-electron chi connectivity index (χ1n) is 7.81. The second kappa shape index (κ2) is 8.57. The number of amides is 2. The van der Waals surface area contributed by atoms with Gasteiger partial charge in [-0.1, -0.05) is 30.3 Å². The molecule has 2 amide bonds. The van der Waals surface area contributed by atoms with E-state index in [2.05, 4.69) is 20.6 Å². The van der Waals surface area contributed by atoms with Gasteiger partial charge in [0, 0.05) is 5.69 Å². The van der Waals surface area contributed by atoms with Crippen LogP contribution < -0.4 is 10.7 Å². The van der Waals surface area contributed by atoms with Gasteiger partial charge in [-0.3, -0.25) is 9.59 Å². The molecule has 26 heavy (non-hydrogen) atoms. The molecule has 0 bridgehead atoms. The first-order chi connectivity index (χ1) is 12.4. The van der Waals surface area contributed by atoms with Crippen LogP contribution in [0.4, 0.5) is 5.69 Å². The molecule has 0 aromatic heterocycles. The number of rotatable bonds is 4. The standard InChI is InChI=1S/C19H19N3O4/c1-12-5-4-6-13(2)16(12)21-17(23)18(24)22-20-11-14-7-9-15(10-8-14)19(25)26-3/h4-11H,1-3H3,(H,21,23)(H,22,24)/b20-11+. The molecule has 2 aromatic carbocycles. The van der Waals surface area contributed by atoms with E-state index >= 15 is 0 Å². The lowest BCUT2D eigenvalue weighted by atomic mass is 10.1. The van der Waals surface area contributed by atoms with E-state index in [1.54, 1.807) is 24.3 Å². The van der Waals surface area contributed by atoms with Crippen LogP contribution in [-0.4, -0.2) is 31.1 Å². The van der Waals surface area contributed by atoms with Crippen molar-refractivity contribution in [2.24, 2.45) is 5.10 Å². The summed E-state index contributed by atoms with van der Waals surface area (Å²) in [6.07, 6.45) is 1.37. The molecule has 7 nitrogen and oxygen atoms in total. The lowest BCUT2D eigenvalue weighted by Crippen LogP contribution is -2.32. The molecule has 0 aliphatic carbocycles. The lowest BCUT2D eigenvalue weighted by molar-refractivity contribution is -0.136. The van der Waals surface area contributed by atoms with Gasteiger partial charge in [-0.15, -0.1) is 0 Å². The summed E-state index contributed by atoms with van der Waals surface area (Å²) in [5, 5.41) is 6.32. The normalized spacial score (nSPS) is 10.4. The van der Waals surface area contributed by atoms with E-state index in [0.717, 1.165) is 11.1 Å². The highest BCUT2D eigenvalue weighted by molar-refractivity contribution is 6.39. The van der Waals surface area contributed by atoms with Crippen molar-refractivity contribution < 1.29 is 19.1 Å². The van der Waals surface area contributed by atoms with Crippen LogP contribution in [0.25, 0.3) is 0 Å². The molecule has 0 radical (unpaired) electrons. The predicted octanol–water partition coefficient (Wildman–Crippen LogP) is 2.18. The maximum Gasteiger partial charge on any atom is 0.337 e. The highest BCUT2D eigenvalue weighted by Crippen LogP contribution is 2.19. The molecule has 7 heteroatoms. The van der Waals surface area contributed by atoms with Crippen molar-refractivity contribution in [3.05, 3.63) is 64.7 Å². The van der Waals surface area contributed by atoms with E-state index in [9.17, 15) is 14.4 Å². The Morgan fingerprint density at radius 1 is 0.962 bits per heavy atom. The summed E-state index contributed by atoms with van der Waals surface area (Å²) in [6, 6.07) is 12.0. The van der Waals surface area contributed by atoms with Gasteiger partial charge in [0.05, 0.1) is 18.9 Å². The van der Waals surface area contributed by atoms with E-state index < -0.39 is 17.8 Å². The fourth-order valence-corrected chi connectivity index (χ4v) is 2.22. The Morgan fingerprint density at radius 3 is 2.15 bits per heavy atom. The number of nitrogens with zero attached hydrogens (tertiary/aromatic N) is 1. The van der Waals surface area contributed by atoms with Crippen LogP contribution in [0.5, 0.6) is 0 Å². The van der Waals surface area contributed by atoms with Crippen LogP contribution >= 0.6 is 0 Å². The number of carbonyl (C=O) groups is 3. The maximum atomic E-state index is 12.0. The second-order valence-electron chi connectivity index (χ2n) is 5.53. The van der Waals surface area contributed by atoms with Crippen molar-refractivity contribution in [2.45, 2.75) is 13.8 Å². The SMILES string of the molecule is COC(=O)c1ccc(/C=N/NC(=O)C(=O)Nc2c(C)cccc2C)cc1. The molecular weight excluding hydrogens is 334 g/mol. The molecule has 0 heterocycles. The maximum absolute atomic E-state index is 12.0. The number of nitrogens with one attached hydrogen (secondary N) is 2. The highest BCUT2D eigenvalue weighted by Gasteiger charge is 2.15. The van der Waals surface area contributed by atoms with Crippen LogP contribution in [0.3, 0.4) is 0 Å². The fourth-order valence-electron chi connectivity index (χ4n) is 2.22. The van der Waals surface area contributed by atoms with Gasteiger partial charge in [0.15, 0.2) is 0 Å². The zero-order valence-electron chi connectivity index (χ0n) is 14.7. The lowest BCUT2D eigenvalue weighted by Gasteiger charge is -2.10. The summed E-state index contributed by atoms with van der Waals surface area (Å²) in [6.45, 7) is 3.69. The van der Waals surface area contributed by atoms with E-state index in [1.165, 1.54) is 13.3 Å². The Hall–Kier alpha value is -3.48. The van der Waals surface area contributed by atoms with E-state index in [0.29, 0.717) is 16.8 Å². The number of anilines is 1. The number of ether oxygens (including phenoxy) is 1. The van der Waals surface area contributed by atoms with Gasteiger partial charge in [-0.25, -0.2) is 10.2 Å². The van der Waals surface area contributed by atoms with E-state index in [1.807, 2.05) is 32.0 Å². The third-order valence-electron chi connectivity index (χ3n) is 3.64. The summed E-state index contributed by atoms with van der Waals surface area (Å²) in [5.41, 5.74) is 5.55. The fraction of sp³-hybridized carbons (Fsp3) is 0.158. The van der Waals surface area contributed by atoms with Crippen LogP contribution in [0, 0.1) is 13.8 Å². The van der Waals surface area contributed by atoms with Crippen LogP contribution in [0.15, 0.2) is 47.6 Å². The van der Waals surface area contributed by atoms with Crippen LogP contribution in [0.2, 0.25) is 0 Å². The Labute approximate surface area is 151 Å². The summed E-state index contributed by atoms with van der Waals surface area (Å²) in [5.74, 6) is -2.12. The number of methoxy groups -OCH3 is 1. The number of carbonyl (C=O) groups excluding carboxylic acids is 3. The number of hydrogen-bond acceptors (Lipinski definition) is 5.